The molecule has 1 amide bonds. The second kappa shape index (κ2) is 6.53. The van der Waals surface area contributed by atoms with Crippen molar-refractivity contribution in [1.82, 2.24) is 4.90 Å². The lowest BCUT2D eigenvalue weighted by Crippen LogP contribution is -2.43. The summed E-state index contributed by atoms with van der Waals surface area (Å²) >= 11 is 0. The van der Waals surface area contributed by atoms with Gasteiger partial charge in [0.05, 0.1) is 12.2 Å². The van der Waals surface area contributed by atoms with Gasteiger partial charge in [0.2, 0.25) is 5.91 Å². The minimum absolute atomic E-state index is 0.231. The number of likely N-dealkylation sites (tertiary alicyclic amines) is 1. The number of carbonyl (C=O) groups is 1. The van der Waals surface area contributed by atoms with Gasteiger partial charge in [0.15, 0.2) is 0 Å². The molecule has 4 heteroatoms. The van der Waals surface area contributed by atoms with Crippen LogP contribution in [0.1, 0.15) is 44.9 Å². The molecule has 2 rings (SSSR count). The Hall–Kier alpha value is -0.610. The molecule has 2 aliphatic rings. The quantitative estimate of drug-likeness (QED) is 0.832. The van der Waals surface area contributed by atoms with Gasteiger partial charge in [-0.05, 0) is 44.4 Å². The van der Waals surface area contributed by atoms with Crippen LogP contribution < -0.4 is 0 Å². The molecule has 0 bridgehead atoms. The van der Waals surface area contributed by atoms with Crippen LogP contribution in [0, 0.1) is 5.92 Å². The third kappa shape index (κ3) is 3.69. The van der Waals surface area contributed by atoms with Gasteiger partial charge < -0.3 is 14.7 Å². The summed E-state index contributed by atoms with van der Waals surface area (Å²) in [5.41, 5.74) is 0. The zero-order valence-corrected chi connectivity index (χ0v) is 11.3. The molecule has 0 aromatic rings. The fourth-order valence-electron chi connectivity index (χ4n) is 3.13. The molecule has 1 N–H and O–H groups in total. The van der Waals surface area contributed by atoms with E-state index < -0.39 is 0 Å². The van der Waals surface area contributed by atoms with Crippen molar-refractivity contribution in [3.63, 3.8) is 0 Å². The molecule has 1 aliphatic heterocycles. The lowest BCUT2D eigenvalue weighted by molar-refractivity contribution is -0.135. The maximum Gasteiger partial charge on any atom is 0.222 e. The normalized spacial score (nSPS) is 33.4. The lowest BCUT2D eigenvalue weighted by Gasteiger charge is -2.33. The number of ether oxygens (including phenoxy) is 1. The first-order chi connectivity index (χ1) is 8.69. The van der Waals surface area contributed by atoms with Crippen LogP contribution in [-0.4, -0.2) is 48.3 Å². The van der Waals surface area contributed by atoms with E-state index in [0.717, 1.165) is 45.1 Å². The number of aliphatic hydroxyl groups excluding tert-OH is 1. The summed E-state index contributed by atoms with van der Waals surface area (Å²) in [6, 6.07) is 0. The van der Waals surface area contributed by atoms with Crippen LogP contribution >= 0.6 is 0 Å². The van der Waals surface area contributed by atoms with Crippen molar-refractivity contribution >= 4 is 5.91 Å². The SMILES string of the molecule is COC1CCC(CC(=O)N2CCCC(O)C2)CC1. The maximum atomic E-state index is 12.1. The summed E-state index contributed by atoms with van der Waals surface area (Å²) in [4.78, 5) is 14.0. The zero-order chi connectivity index (χ0) is 13.0. The maximum absolute atomic E-state index is 12.1. The fraction of sp³-hybridized carbons (Fsp3) is 0.929. The summed E-state index contributed by atoms with van der Waals surface area (Å²) in [5.74, 6) is 0.748. The van der Waals surface area contributed by atoms with Gasteiger partial charge in [-0.25, -0.2) is 0 Å². The van der Waals surface area contributed by atoms with E-state index in [9.17, 15) is 9.90 Å². The topological polar surface area (TPSA) is 49.8 Å². The van der Waals surface area contributed by atoms with E-state index in [0.29, 0.717) is 25.0 Å². The van der Waals surface area contributed by atoms with E-state index in [-0.39, 0.29) is 12.0 Å². The molecule has 1 saturated heterocycles. The first-order valence-electron chi connectivity index (χ1n) is 7.17. The van der Waals surface area contributed by atoms with Crippen LogP contribution in [0.2, 0.25) is 0 Å². The van der Waals surface area contributed by atoms with Crippen LogP contribution in [-0.2, 0) is 9.53 Å². The highest BCUT2D eigenvalue weighted by atomic mass is 16.5. The van der Waals surface area contributed by atoms with Crippen LogP contribution in [0.5, 0.6) is 0 Å². The van der Waals surface area contributed by atoms with E-state index in [1.54, 1.807) is 7.11 Å². The van der Waals surface area contributed by atoms with Crippen LogP contribution in [0.4, 0.5) is 0 Å². The van der Waals surface area contributed by atoms with Crippen molar-refractivity contribution in [2.75, 3.05) is 20.2 Å². The van der Waals surface area contributed by atoms with Gasteiger partial charge in [-0.3, -0.25) is 4.79 Å². The molecule has 0 aromatic heterocycles. The predicted octanol–water partition coefficient (Wildman–Crippen LogP) is 1.56. The second-order valence-electron chi connectivity index (χ2n) is 5.72. The van der Waals surface area contributed by atoms with Crippen LogP contribution in [0.15, 0.2) is 0 Å². The molecule has 1 saturated carbocycles. The molecule has 104 valence electrons. The van der Waals surface area contributed by atoms with Gasteiger partial charge in [-0.2, -0.15) is 0 Å². The van der Waals surface area contributed by atoms with Crippen LogP contribution in [0.25, 0.3) is 0 Å². The lowest BCUT2D eigenvalue weighted by atomic mass is 9.85. The minimum Gasteiger partial charge on any atom is -0.391 e. The third-order valence-electron chi connectivity index (χ3n) is 4.34. The Morgan fingerprint density at radius 2 is 2.00 bits per heavy atom. The molecule has 4 nitrogen and oxygen atoms in total. The molecular weight excluding hydrogens is 230 g/mol. The monoisotopic (exact) mass is 255 g/mol. The zero-order valence-electron chi connectivity index (χ0n) is 11.3. The molecule has 1 unspecified atom stereocenters. The third-order valence-corrected chi connectivity index (χ3v) is 4.34. The summed E-state index contributed by atoms with van der Waals surface area (Å²) in [6.45, 7) is 1.36. The number of aliphatic hydroxyl groups is 1. The smallest absolute Gasteiger partial charge is 0.222 e. The van der Waals surface area contributed by atoms with Gasteiger partial charge in [-0.15, -0.1) is 0 Å². The Morgan fingerprint density at radius 1 is 1.28 bits per heavy atom. The number of hydrogen-bond donors (Lipinski definition) is 1. The summed E-state index contributed by atoms with van der Waals surface area (Å²) in [5, 5.41) is 9.59. The van der Waals surface area contributed by atoms with Crippen molar-refractivity contribution < 1.29 is 14.6 Å². The molecule has 1 atom stereocenters. The van der Waals surface area contributed by atoms with Crippen molar-refractivity contribution in [3.05, 3.63) is 0 Å². The highest BCUT2D eigenvalue weighted by Gasteiger charge is 2.27. The van der Waals surface area contributed by atoms with E-state index in [4.69, 9.17) is 4.74 Å². The van der Waals surface area contributed by atoms with E-state index in [1.165, 1.54) is 0 Å². The van der Waals surface area contributed by atoms with Crippen molar-refractivity contribution in [3.8, 4) is 0 Å². The Kier molecular flexibility index (Phi) is 5.01. The number of piperidine rings is 1. The molecular formula is C14H25NO3. The fourth-order valence-corrected chi connectivity index (χ4v) is 3.13. The number of β-amino-alcohol motifs (C(OH)–C–C–N with tert-alkyl or cyclic N) is 1. The van der Waals surface area contributed by atoms with Crippen molar-refractivity contribution in [2.24, 2.45) is 5.92 Å². The number of nitrogens with zero attached hydrogens (tertiary/aromatic N) is 1. The van der Waals surface area contributed by atoms with Gasteiger partial charge in [0.25, 0.3) is 0 Å². The first kappa shape index (κ1) is 13.8. The Bertz CT molecular complexity index is 274. The average molecular weight is 255 g/mol. The van der Waals surface area contributed by atoms with Gasteiger partial charge in [0.1, 0.15) is 0 Å². The Balaban J connectivity index is 1.74. The van der Waals surface area contributed by atoms with E-state index in [1.807, 2.05) is 4.90 Å². The van der Waals surface area contributed by atoms with E-state index >= 15 is 0 Å². The largest absolute Gasteiger partial charge is 0.391 e. The molecule has 1 heterocycles. The molecule has 18 heavy (non-hydrogen) atoms. The number of amides is 1. The van der Waals surface area contributed by atoms with Gasteiger partial charge >= 0.3 is 0 Å². The molecule has 1 aliphatic carbocycles. The number of carbonyl (C=O) groups excluding carboxylic acids is 1. The Labute approximate surface area is 109 Å². The summed E-state index contributed by atoms with van der Waals surface area (Å²) in [6.07, 6.45) is 6.87. The summed E-state index contributed by atoms with van der Waals surface area (Å²) in [7, 11) is 1.77. The summed E-state index contributed by atoms with van der Waals surface area (Å²) < 4.78 is 5.35. The molecule has 2 fully saturated rings. The molecule has 0 aromatic carbocycles. The van der Waals surface area contributed by atoms with E-state index in [2.05, 4.69) is 0 Å². The van der Waals surface area contributed by atoms with Crippen molar-refractivity contribution in [2.45, 2.75) is 57.2 Å². The second-order valence-corrected chi connectivity index (χ2v) is 5.72. The molecule has 0 spiro atoms. The van der Waals surface area contributed by atoms with Gasteiger partial charge in [-0.1, -0.05) is 0 Å². The minimum atomic E-state index is -0.313. The first-order valence-corrected chi connectivity index (χ1v) is 7.17. The number of rotatable bonds is 3. The van der Waals surface area contributed by atoms with Crippen LogP contribution in [0.3, 0.4) is 0 Å². The van der Waals surface area contributed by atoms with Crippen molar-refractivity contribution in [1.29, 1.82) is 0 Å². The average Bonchev–Trinajstić information content (AvgIpc) is 2.39. The molecule has 0 radical (unpaired) electrons. The Morgan fingerprint density at radius 3 is 2.61 bits per heavy atom. The number of methoxy groups -OCH3 is 1. The standard InChI is InChI=1S/C14H25NO3/c1-18-13-6-4-11(5-7-13)9-14(17)15-8-2-3-12(16)10-15/h11-13,16H,2-10H2,1H3. The predicted molar refractivity (Wildman–Crippen MR) is 69.2 cm³/mol. The highest BCUT2D eigenvalue weighted by molar-refractivity contribution is 5.76. The highest BCUT2D eigenvalue weighted by Crippen LogP contribution is 2.29. The number of hydrogen-bond acceptors (Lipinski definition) is 3. The van der Waals surface area contributed by atoms with Gasteiger partial charge in [0, 0.05) is 26.6 Å².